The number of carbonyl (C=O) groups excluding carboxylic acids is 2. The number of esters is 1. The Balaban J connectivity index is 2.07. The van der Waals surface area contributed by atoms with Crippen molar-refractivity contribution in [3.05, 3.63) is 34.9 Å². The Labute approximate surface area is 147 Å². The van der Waals surface area contributed by atoms with E-state index >= 15 is 0 Å². The van der Waals surface area contributed by atoms with Gasteiger partial charge >= 0.3 is 5.97 Å². The highest BCUT2D eigenvalue weighted by molar-refractivity contribution is 6.30. The fourth-order valence-corrected chi connectivity index (χ4v) is 3.87. The van der Waals surface area contributed by atoms with Crippen LogP contribution < -0.4 is 0 Å². The lowest BCUT2D eigenvalue weighted by atomic mass is 9.79. The summed E-state index contributed by atoms with van der Waals surface area (Å²) in [5.41, 5.74) is -1.84. The van der Waals surface area contributed by atoms with E-state index in [4.69, 9.17) is 21.1 Å². The van der Waals surface area contributed by atoms with E-state index in [0.29, 0.717) is 24.3 Å². The minimum Gasteiger partial charge on any atom is -0.457 e. The Hall–Kier alpha value is -1.39. The summed E-state index contributed by atoms with van der Waals surface area (Å²) in [6, 6.07) is 7.27. The van der Waals surface area contributed by atoms with Gasteiger partial charge < -0.3 is 9.47 Å². The molecule has 2 aliphatic rings. The molecule has 0 spiro atoms. The summed E-state index contributed by atoms with van der Waals surface area (Å²) in [5, 5.41) is 0.615. The first-order valence-electron chi connectivity index (χ1n) is 8.28. The van der Waals surface area contributed by atoms with Crippen molar-refractivity contribution in [2.75, 3.05) is 0 Å². The van der Waals surface area contributed by atoms with Gasteiger partial charge in [-0.3, -0.25) is 4.79 Å². The summed E-state index contributed by atoms with van der Waals surface area (Å²) in [4.78, 5) is 25.8. The molecule has 5 heteroatoms. The molecule has 2 heterocycles. The molecule has 0 radical (unpaired) electrons. The maximum Gasteiger partial charge on any atom is 0.347 e. The van der Waals surface area contributed by atoms with Gasteiger partial charge in [0.25, 0.3) is 0 Å². The minimum absolute atomic E-state index is 0.188. The second kappa shape index (κ2) is 5.57. The Kier molecular flexibility index (Phi) is 4.04. The van der Waals surface area contributed by atoms with E-state index in [1.54, 1.807) is 32.9 Å². The van der Waals surface area contributed by atoms with Crippen LogP contribution >= 0.6 is 11.6 Å². The van der Waals surface area contributed by atoms with Gasteiger partial charge in [-0.2, -0.15) is 0 Å². The number of ether oxygens (including phenoxy) is 2. The molecule has 2 aliphatic heterocycles. The van der Waals surface area contributed by atoms with E-state index in [9.17, 15) is 9.59 Å². The minimum atomic E-state index is -1.55. The summed E-state index contributed by atoms with van der Waals surface area (Å²) in [7, 11) is 0. The number of fused-ring (bicyclic) bond motifs is 2. The van der Waals surface area contributed by atoms with Crippen molar-refractivity contribution < 1.29 is 19.1 Å². The molecule has 0 saturated carbocycles. The molecule has 4 nitrogen and oxygen atoms in total. The van der Waals surface area contributed by atoms with Gasteiger partial charge in [0.05, 0.1) is 5.60 Å². The van der Waals surface area contributed by atoms with Gasteiger partial charge in [0, 0.05) is 17.4 Å². The van der Waals surface area contributed by atoms with E-state index < -0.39 is 22.8 Å². The summed E-state index contributed by atoms with van der Waals surface area (Å²) < 4.78 is 11.7. The first-order chi connectivity index (χ1) is 11.1. The largest absolute Gasteiger partial charge is 0.457 e. The van der Waals surface area contributed by atoms with Gasteiger partial charge in [-0.1, -0.05) is 23.7 Å². The molecule has 0 aliphatic carbocycles. The van der Waals surface area contributed by atoms with Crippen molar-refractivity contribution in [1.82, 2.24) is 0 Å². The Morgan fingerprint density at radius 2 is 1.92 bits per heavy atom. The van der Waals surface area contributed by atoms with Gasteiger partial charge in [-0.25, -0.2) is 4.79 Å². The first-order valence-corrected chi connectivity index (χ1v) is 8.66. The van der Waals surface area contributed by atoms with Gasteiger partial charge in [-0.05, 0) is 58.2 Å². The van der Waals surface area contributed by atoms with E-state index in [1.165, 1.54) is 0 Å². The van der Waals surface area contributed by atoms with Crippen LogP contribution in [-0.4, -0.2) is 28.6 Å². The number of halogens is 1. The second-order valence-corrected chi connectivity index (χ2v) is 8.46. The van der Waals surface area contributed by atoms with E-state index in [2.05, 4.69) is 0 Å². The van der Waals surface area contributed by atoms with Crippen molar-refractivity contribution in [3.8, 4) is 0 Å². The topological polar surface area (TPSA) is 52.6 Å². The van der Waals surface area contributed by atoms with Crippen LogP contribution in [0.5, 0.6) is 0 Å². The fourth-order valence-electron chi connectivity index (χ4n) is 3.74. The molecular formula is C19H23ClO4. The number of carbonyl (C=O) groups is 2. The second-order valence-electron chi connectivity index (χ2n) is 8.02. The number of hydrogen-bond acceptors (Lipinski definition) is 4. The van der Waals surface area contributed by atoms with Gasteiger partial charge in [0.2, 0.25) is 5.60 Å². The van der Waals surface area contributed by atoms with E-state index in [0.717, 1.165) is 5.56 Å². The normalized spacial score (nSPS) is 32.7. The molecule has 24 heavy (non-hydrogen) atoms. The summed E-state index contributed by atoms with van der Waals surface area (Å²) >= 11 is 5.98. The van der Waals surface area contributed by atoms with Gasteiger partial charge in [0.1, 0.15) is 5.60 Å². The maximum absolute atomic E-state index is 13.0. The molecule has 1 aromatic rings. The molecule has 1 unspecified atom stereocenters. The quantitative estimate of drug-likeness (QED) is 0.596. The molecule has 2 bridgehead atoms. The van der Waals surface area contributed by atoms with Crippen LogP contribution in [0.4, 0.5) is 0 Å². The SMILES string of the molecule is CC(C)(C)OC(=O)[C@]12O[C@](C)(CCC1=O)CC2c1ccc(Cl)cc1. The van der Waals surface area contributed by atoms with Crippen molar-refractivity contribution >= 4 is 23.4 Å². The predicted molar refractivity (Wildman–Crippen MR) is 91.1 cm³/mol. The van der Waals surface area contributed by atoms with Crippen LogP contribution in [0, 0.1) is 0 Å². The average Bonchev–Trinajstić information content (AvgIpc) is 2.74. The molecule has 130 valence electrons. The van der Waals surface area contributed by atoms with Crippen molar-refractivity contribution in [2.24, 2.45) is 0 Å². The standard InChI is InChI=1S/C19H23ClO4/c1-17(2,3)23-16(22)19-14(12-5-7-13(20)8-6-12)11-18(4,24-19)10-9-15(19)21/h5-8,14H,9-11H2,1-4H3/t14?,18-,19-/m1/s1. The monoisotopic (exact) mass is 350 g/mol. The van der Waals surface area contributed by atoms with Crippen molar-refractivity contribution in [3.63, 3.8) is 0 Å². The fraction of sp³-hybridized carbons (Fsp3) is 0.579. The van der Waals surface area contributed by atoms with Gasteiger partial charge in [-0.15, -0.1) is 0 Å². The summed E-state index contributed by atoms with van der Waals surface area (Å²) in [6.45, 7) is 7.34. The molecule has 2 saturated heterocycles. The lowest BCUT2D eigenvalue weighted by Crippen LogP contribution is -2.56. The Morgan fingerprint density at radius 1 is 1.29 bits per heavy atom. The number of hydrogen-bond donors (Lipinski definition) is 0. The predicted octanol–water partition coefficient (Wildman–Crippen LogP) is 4.05. The lowest BCUT2D eigenvalue weighted by Gasteiger charge is -2.38. The zero-order valence-electron chi connectivity index (χ0n) is 14.5. The third-order valence-electron chi connectivity index (χ3n) is 4.80. The number of rotatable bonds is 2. The molecule has 1 aromatic carbocycles. The molecule has 0 amide bonds. The highest BCUT2D eigenvalue weighted by Crippen LogP contribution is 2.55. The van der Waals surface area contributed by atoms with E-state index in [-0.39, 0.29) is 11.7 Å². The van der Waals surface area contributed by atoms with Crippen LogP contribution in [-0.2, 0) is 19.1 Å². The zero-order valence-corrected chi connectivity index (χ0v) is 15.3. The van der Waals surface area contributed by atoms with Gasteiger partial charge in [0.15, 0.2) is 5.78 Å². The summed E-state index contributed by atoms with van der Waals surface area (Å²) in [5.74, 6) is -1.13. The Morgan fingerprint density at radius 3 is 2.50 bits per heavy atom. The molecule has 0 N–H and O–H groups in total. The number of benzene rings is 1. The van der Waals surface area contributed by atoms with Crippen LogP contribution in [0.3, 0.4) is 0 Å². The third-order valence-corrected chi connectivity index (χ3v) is 5.06. The third kappa shape index (κ3) is 2.86. The molecular weight excluding hydrogens is 328 g/mol. The lowest BCUT2D eigenvalue weighted by molar-refractivity contribution is -0.199. The van der Waals surface area contributed by atoms with E-state index in [1.807, 2.05) is 19.1 Å². The number of ketones is 1. The number of Topliss-reactive ketones (excluding diaryl/α,β-unsaturated/α-hetero) is 1. The molecule has 3 rings (SSSR count). The highest BCUT2D eigenvalue weighted by Gasteiger charge is 2.66. The van der Waals surface area contributed by atoms with Crippen LogP contribution in [0.2, 0.25) is 5.02 Å². The Bertz CT molecular complexity index is 676. The molecule has 3 atom stereocenters. The van der Waals surface area contributed by atoms with Crippen molar-refractivity contribution in [2.45, 2.75) is 69.7 Å². The van der Waals surface area contributed by atoms with Crippen LogP contribution in [0.1, 0.15) is 58.4 Å². The van der Waals surface area contributed by atoms with Crippen LogP contribution in [0.25, 0.3) is 0 Å². The summed E-state index contributed by atoms with van der Waals surface area (Å²) in [6.07, 6.45) is 1.57. The molecule has 2 fully saturated rings. The maximum atomic E-state index is 13.0. The smallest absolute Gasteiger partial charge is 0.347 e. The average molecular weight is 351 g/mol. The highest BCUT2D eigenvalue weighted by atomic mass is 35.5. The first kappa shape index (κ1) is 17.4. The zero-order chi connectivity index (χ0) is 17.8. The van der Waals surface area contributed by atoms with Crippen molar-refractivity contribution in [1.29, 1.82) is 0 Å². The van der Waals surface area contributed by atoms with Crippen LogP contribution in [0.15, 0.2) is 24.3 Å². The molecule has 0 aromatic heterocycles.